The van der Waals surface area contributed by atoms with E-state index in [1.54, 1.807) is 24.9 Å². The van der Waals surface area contributed by atoms with E-state index in [1.165, 1.54) is 0 Å². The highest BCUT2D eigenvalue weighted by Gasteiger charge is 2.17. The number of hydrogen-bond donors (Lipinski definition) is 2. The van der Waals surface area contributed by atoms with E-state index in [-0.39, 0.29) is 0 Å². The highest BCUT2D eigenvalue weighted by Crippen LogP contribution is 2.16. The molecule has 0 saturated heterocycles. The highest BCUT2D eigenvalue weighted by molar-refractivity contribution is 6.43. The normalized spacial score (nSPS) is 10.3. The monoisotopic (exact) mass is 286 g/mol. The van der Waals surface area contributed by atoms with Gasteiger partial charge in [0, 0.05) is 18.9 Å². The predicted molar refractivity (Wildman–Crippen MR) is 81.1 cm³/mol. The van der Waals surface area contributed by atoms with E-state index in [2.05, 4.69) is 15.7 Å². The average molecular weight is 286 g/mol. The van der Waals surface area contributed by atoms with Gasteiger partial charge in [-0.05, 0) is 38.0 Å². The number of aromatic nitrogens is 2. The molecule has 2 N–H and O–H groups in total. The van der Waals surface area contributed by atoms with E-state index < -0.39 is 11.8 Å². The first-order valence-electron chi connectivity index (χ1n) is 6.56. The van der Waals surface area contributed by atoms with Crippen molar-refractivity contribution in [3.8, 4) is 0 Å². The van der Waals surface area contributed by atoms with E-state index in [1.807, 2.05) is 32.0 Å². The number of rotatable bonds is 2. The number of hydrogen-bond acceptors (Lipinski definition) is 3. The van der Waals surface area contributed by atoms with E-state index in [0.29, 0.717) is 17.1 Å². The lowest BCUT2D eigenvalue weighted by molar-refractivity contribution is -0.133. The zero-order chi connectivity index (χ0) is 15.6. The van der Waals surface area contributed by atoms with Gasteiger partial charge in [0.2, 0.25) is 0 Å². The molecule has 1 aromatic heterocycles. The Morgan fingerprint density at radius 2 is 1.67 bits per heavy atom. The van der Waals surface area contributed by atoms with Gasteiger partial charge in [0.15, 0.2) is 0 Å². The van der Waals surface area contributed by atoms with Crippen LogP contribution in [0.3, 0.4) is 0 Å². The van der Waals surface area contributed by atoms with Gasteiger partial charge in [-0.15, -0.1) is 0 Å². The summed E-state index contributed by atoms with van der Waals surface area (Å²) < 4.78 is 1.58. The first kappa shape index (κ1) is 14.8. The van der Waals surface area contributed by atoms with Crippen LogP contribution in [0.25, 0.3) is 0 Å². The lowest BCUT2D eigenvalue weighted by Crippen LogP contribution is -2.29. The molecular formula is C15H18N4O2. The van der Waals surface area contributed by atoms with Gasteiger partial charge in [-0.25, -0.2) is 0 Å². The van der Waals surface area contributed by atoms with Gasteiger partial charge in [0.1, 0.15) is 0 Å². The fourth-order valence-corrected chi connectivity index (χ4v) is 1.95. The molecule has 0 atom stereocenters. The Labute approximate surface area is 123 Å². The summed E-state index contributed by atoms with van der Waals surface area (Å²) in [6, 6.07) is 5.67. The van der Waals surface area contributed by atoms with Crippen LogP contribution >= 0.6 is 0 Å². The van der Waals surface area contributed by atoms with Gasteiger partial charge >= 0.3 is 11.8 Å². The first-order valence-corrected chi connectivity index (χ1v) is 6.56. The first-order chi connectivity index (χ1) is 9.86. The molecule has 6 heteroatoms. The Morgan fingerprint density at radius 1 is 1.05 bits per heavy atom. The third kappa shape index (κ3) is 3.47. The van der Waals surface area contributed by atoms with Gasteiger partial charge in [-0.2, -0.15) is 5.10 Å². The number of nitrogens with one attached hydrogen (secondary N) is 2. The zero-order valence-corrected chi connectivity index (χ0v) is 12.5. The van der Waals surface area contributed by atoms with Crippen LogP contribution in [0.2, 0.25) is 0 Å². The van der Waals surface area contributed by atoms with Crippen molar-refractivity contribution in [1.82, 2.24) is 9.78 Å². The molecule has 0 fully saturated rings. The molecular weight excluding hydrogens is 268 g/mol. The maximum absolute atomic E-state index is 11.9. The van der Waals surface area contributed by atoms with Gasteiger partial charge in [-0.1, -0.05) is 12.1 Å². The van der Waals surface area contributed by atoms with E-state index in [9.17, 15) is 9.59 Å². The summed E-state index contributed by atoms with van der Waals surface area (Å²) in [5, 5.41) is 9.27. The van der Waals surface area contributed by atoms with E-state index >= 15 is 0 Å². The molecule has 0 radical (unpaired) electrons. The maximum atomic E-state index is 11.9. The SMILES string of the molecule is Cc1ccc(C)c(NC(=O)C(=O)Nc2cn(C)nc2C)c1. The number of amides is 2. The summed E-state index contributed by atoms with van der Waals surface area (Å²) in [5.74, 6) is -1.42. The molecule has 6 nitrogen and oxygen atoms in total. The minimum absolute atomic E-state index is 0.526. The number of nitrogens with zero attached hydrogens (tertiary/aromatic N) is 2. The van der Waals surface area contributed by atoms with Crippen molar-refractivity contribution in [3.05, 3.63) is 41.2 Å². The second-order valence-electron chi connectivity index (χ2n) is 5.03. The Morgan fingerprint density at radius 3 is 2.24 bits per heavy atom. The number of carbonyl (C=O) groups is 2. The molecule has 0 aliphatic carbocycles. The van der Waals surface area contributed by atoms with Crippen LogP contribution in [-0.2, 0) is 16.6 Å². The molecule has 0 saturated carbocycles. The summed E-state index contributed by atoms with van der Waals surface area (Å²) in [5.41, 5.74) is 3.74. The molecule has 0 bridgehead atoms. The Hall–Kier alpha value is -2.63. The summed E-state index contributed by atoms with van der Waals surface area (Å²) in [4.78, 5) is 23.9. The van der Waals surface area contributed by atoms with Crippen LogP contribution in [0.15, 0.2) is 24.4 Å². The molecule has 0 aliphatic heterocycles. The lowest BCUT2D eigenvalue weighted by Gasteiger charge is -2.09. The minimum Gasteiger partial charge on any atom is -0.318 e. The number of aryl methyl sites for hydroxylation is 4. The van der Waals surface area contributed by atoms with Crippen LogP contribution in [0.4, 0.5) is 11.4 Å². The molecule has 21 heavy (non-hydrogen) atoms. The highest BCUT2D eigenvalue weighted by atomic mass is 16.2. The minimum atomic E-state index is -0.716. The van der Waals surface area contributed by atoms with Crippen molar-refractivity contribution in [2.24, 2.45) is 7.05 Å². The van der Waals surface area contributed by atoms with Crippen molar-refractivity contribution >= 4 is 23.2 Å². The largest absolute Gasteiger partial charge is 0.318 e. The third-order valence-corrected chi connectivity index (χ3v) is 3.11. The second kappa shape index (κ2) is 5.78. The molecule has 0 spiro atoms. The van der Waals surface area contributed by atoms with Crippen molar-refractivity contribution in [1.29, 1.82) is 0 Å². The van der Waals surface area contributed by atoms with Crippen LogP contribution in [0, 0.1) is 20.8 Å². The van der Waals surface area contributed by atoms with Crippen LogP contribution in [0.5, 0.6) is 0 Å². The Balaban J connectivity index is 2.08. The second-order valence-corrected chi connectivity index (χ2v) is 5.03. The third-order valence-electron chi connectivity index (χ3n) is 3.11. The zero-order valence-electron chi connectivity index (χ0n) is 12.5. The van der Waals surface area contributed by atoms with Crippen LogP contribution < -0.4 is 10.6 Å². The fraction of sp³-hybridized carbons (Fsp3) is 0.267. The molecule has 110 valence electrons. The molecule has 2 rings (SSSR count). The molecule has 1 aromatic carbocycles. The molecule has 2 aromatic rings. The molecule has 2 amide bonds. The number of benzene rings is 1. The van der Waals surface area contributed by atoms with Gasteiger partial charge in [0.25, 0.3) is 0 Å². The lowest BCUT2D eigenvalue weighted by atomic mass is 10.1. The van der Waals surface area contributed by atoms with Crippen LogP contribution in [0.1, 0.15) is 16.8 Å². The number of carbonyl (C=O) groups excluding carboxylic acids is 2. The fourth-order valence-electron chi connectivity index (χ4n) is 1.95. The van der Waals surface area contributed by atoms with Gasteiger partial charge < -0.3 is 10.6 Å². The van der Waals surface area contributed by atoms with Crippen molar-refractivity contribution in [2.45, 2.75) is 20.8 Å². The average Bonchev–Trinajstić information content (AvgIpc) is 2.72. The topological polar surface area (TPSA) is 76.0 Å². The Bertz CT molecular complexity index is 704. The quantitative estimate of drug-likeness (QED) is 0.828. The predicted octanol–water partition coefficient (Wildman–Crippen LogP) is 1.92. The maximum Gasteiger partial charge on any atom is 0.314 e. The molecule has 1 heterocycles. The van der Waals surface area contributed by atoms with E-state index in [4.69, 9.17) is 0 Å². The standard InChI is InChI=1S/C15H18N4O2/c1-9-5-6-10(2)12(7-9)16-14(20)15(21)17-13-8-19(4)18-11(13)3/h5-8H,1-4H3,(H,16,20)(H,17,21). The van der Waals surface area contributed by atoms with Gasteiger partial charge in [0.05, 0.1) is 11.4 Å². The van der Waals surface area contributed by atoms with Crippen molar-refractivity contribution in [3.63, 3.8) is 0 Å². The summed E-state index contributed by atoms with van der Waals surface area (Å²) >= 11 is 0. The Kier molecular flexibility index (Phi) is 4.07. The number of anilines is 2. The van der Waals surface area contributed by atoms with Crippen LogP contribution in [-0.4, -0.2) is 21.6 Å². The summed E-state index contributed by atoms with van der Waals surface area (Å²) in [6.45, 7) is 5.56. The van der Waals surface area contributed by atoms with Crippen molar-refractivity contribution in [2.75, 3.05) is 10.6 Å². The van der Waals surface area contributed by atoms with E-state index in [0.717, 1.165) is 11.1 Å². The summed E-state index contributed by atoms with van der Waals surface area (Å²) in [6.07, 6.45) is 1.65. The molecule has 0 unspecified atom stereocenters. The molecule has 0 aliphatic rings. The smallest absolute Gasteiger partial charge is 0.314 e. The van der Waals surface area contributed by atoms with Gasteiger partial charge in [-0.3, -0.25) is 14.3 Å². The van der Waals surface area contributed by atoms with Crippen molar-refractivity contribution < 1.29 is 9.59 Å². The summed E-state index contributed by atoms with van der Waals surface area (Å²) in [7, 11) is 1.75.